The van der Waals surface area contributed by atoms with Gasteiger partial charge in [0.25, 0.3) is 0 Å². The topological polar surface area (TPSA) is 37.4 Å². The predicted octanol–water partition coefficient (Wildman–Crippen LogP) is 4.24. The van der Waals surface area contributed by atoms with Gasteiger partial charge in [0.2, 0.25) is 5.91 Å². The molecule has 0 bridgehead atoms. The van der Waals surface area contributed by atoms with Crippen molar-refractivity contribution >= 4 is 17.8 Å². The number of amides is 1. The third kappa shape index (κ3) is 4.64. The van der Waals surface area contributed by atoms with Gasteiger partial charge in [0.15, 0.2) is 5.78 Å². The quantitative estimate of drug-likeness (QED) is 0.594. The molecule has 0 atom stereocenters. The molecule has 3 nitrogen and oxygen atoms in total. The second kappa shape index (κ2) is 8.20. The van der Waals surface area contributed by atoms with Crippen LogP contribution >= 0.6 is 0 Å². The van der Waals surface area contributed by atoms with E-state index < -0.39 is 23.3 Å². The maximum absolute atomic E-state index is 13.8. The summed E-state index contributed by atoms with van der Waals surface area (Å²) >= 11 is 0. The number of rotatable bonds is 4. The van der Waals surface area contributed by atoms with E-state index in [0.29, 0.717) is 31.5 Å². The average molecular weight is 373 g/mol. The molecule has 1 heterocycles. The Morgan fingerprint density at radius 2 is 1.67 bits per heavy atom. The molecular formula is C21H18F3NO2. The van der Waals surface area contributed by atoms with E-state index >= 15 is 0 Å². The first-order chi connectivity index (χ1) is 12.9. The van der Waals surface area contributed by atoms with Crippen LogP contribution in [-0.2, 0) is 4.79 Å². The Balaban J connectivity index is 1.59. The molecular weight excluding hydrogens is 355 g/mol. The Hall–Kier alpha value is -2.89. The lowest BCUT2D eigenvalue weighted by molar-refractivity contribution is -0.127. The van der Waals surface area contributed by atoms with E-state index in [9.17, 15) is 22.8 Å². The van der Waals surface area contributed by atoms with Crippen molar-refractivity contribution in [1.29, 1.82) is 0 Å². The highest BCUT2D eigenvalue weighted by Gasteiger charge is 2.28. The highest BCUT2D eigenvalue weighted by molar-refractivity contribution is 5.98. The molecule has 0 aromatic heterocycles. The molecule has 1 fully saturated rings. The number of benzene rings is 2. The molecule has 2 aromatic carbocycles. The molecule has 3 rings (SSSR count). The van der Waals surface area contributed by atoms with Gasteiger partial charge in [0, 0.05) is 25.1 Å². The second-order valence-electron chi connectivity index (χ2n) is 6.48. The first-order valence-electron chi connectivity index (χ1n) is 8.66. The number of ketones is 1. The van der Waals surface area contributed by atoms with E-state index in [4.69, 9.17) is 0 Å². The fourth-order valence-corrected chi connectivity index (χ4v) is 3.15. The van der Waals surface area contributed by atoms with Crippen LogP contribution in [0.4, 0.5) is 13.2 Å². The van der Waals surface area contributed by atoms with Gasteiger partial charge < -0.3 is 4.90 Å². The normalized spacial score (nSPS) is 15.3. The third-order valence-corrected chi connectivity index (χ3v) is 4.64. The molecule has 140 valence electrons. The Kier molecular flexibility index (Phi) is 5.74. The van der Waals surface area contributed by atoms with Crippen LogP contribution in [0.15, 0.2) is 48.5 Å². The molecule has 2 aromatic rings. The number of likely N-dealkylation sites (tertiary alicyclic amines) is 1. The Morgan fingerprint density at radius 3 is 2.37 bits per heavy atom. The molecule has 0 unspecified atom stereocenters. The molecule has 0 saturated carbocycles. The van der Waals surface area contributed by atoms with Crippen molar-refractivity contribution in [2.24, 2.45) is 5.92 Å². The summed E-state index contributed by atoms with van der Waals surface area (Å²) in [7, 11) is 0. The molecule has 0 radical (unpaired) electrons. The number of Topliss-reactive ketones (excluding diaryl/α,β-unsaturated/α-hetero) is 1. The van der Waals surface area contributed by atoms with Crippen LogP contribution in [0.3, 0.4) is 0 Å². The zero-order chi connectivity index (χ0) is 19.4. The summed E-state index contributed by atoms with van der Waals surface area (Å²) in [6, 6.07) is 8.71. The lowest BCUT2D eigenvalue weighted by Gasteiger charge is -2.30. The van der Waals surface area contributed by atoms with E-state index in [1.54, 1.807) is 17.0 Å². The van der Waals surface area contributed by atoms with Crippen LogP contribution < -0.4 is 0 Å². The molecule has 0 spiro atoms. The van der Waals surface area contributed by atoms with E-state index in [1.807, 2.05) is 0 Å². The van der Waals surface area contributed by atoms with Gasteiger partial charge in [-0.25, -0.2) is 13.2 Å². The van der Waals surface area contributed by atoms with Gasteiger partial charge in [-0.15, -0.1) is 0 Å². The molecule has 1 aliphatic rings. The van der Waals surface area contributed by atoms with E-state index in [-0.39, 0.29) is 17.3 Å². The zero-order valence-corrected chi connectivity index (χ0v) is 14.5. The van der Waals surface area contributed by atoms with E-state index in [0.717, 1.165) is 18.2 Å². The maximum atomic E-state index is 13.8. The predicted molar refractivity (Wildman–Crippen MR) is 95.4 cm³/mol. The van der Waals surface area contributed by atoms with Crippen molar-refractivity contribution in [1.82, 2.24) is 4.90 Å². The zero-order valence-electron chi connectivity index (χ0n) is 14.5. The van der Waals surface area contributed by atoms with E-state index in [1.165, 1.54) is 24.3 Å². The number of carbonyl (C=O) groups is 2. The summed E-state index contributed by atoms with van der Waals surface area (Å²) in [5.74, 6) is -2.89. The maximum Gasteiger partial charge on any atom is 0.246 e. The first-order valence-corrected chi connectivity index (χ1v) is 8.66. The minimum absolute atomic E-state index is 0.234. The smallest absolute Gasteiger partial charge is 0.246 e. The van der Waals surface area contributed by atoms with Gasteiger partial charge in [0.05, 0.1) is 5.56 Å². The van der Waals surface area contributed by atoms with Crippen molar-refractivity contribution in [2.75, 3.05) is 13.1 Å². The van der Waals surface area contributed by atoms with Crippen LogP contribution in [0.2, 0.25) is 0 Å². The Labute approximate surface area is 155 Å². The monoisotopic (exact) mass is 373 g/mol. The minimum atomic E-state index is -0.738. The van der Waals surface area contributed by atoms with Crippen LogP contribution in [0.25, 0.3) is 6.08 Å². The number of piperidine rings is 1. The summed E-state index contributed by atoms with van der Waals surface area (Å²) in [5, 5.41) is 0. The molecule has 1 amide bonds. The first kappa shape index (κ1) is 18.9. The van der Waals surface area contributed by atoms with Crippen LogP contribution in [0.5, 0.6) is 0 Å². The molecule has 1 aliphatic heterocycles. The lowest BCUT2D eigenvalue weighted by Crippen LogP contribution is -2.39. The lowest BCUT2D eigenvalue weighted by atomic mass is 9.88. The highest BCUT2D eigenvalue weighted by Crippen LogP contribution is 2.24. The largest absolute Gasteiger partial charge is 0.339 e. The number of hydrogen-bond acceptors (Lipinski definition) is 2. The number of hydrogen-bond donors (Lipinski definition) is 0. The standard InChI is InChI=1S/C21H18F3NO2/c22-16-3-1-2-14(12-16)4-7-20(26)25-10-8-15(9-11-25)21(27)18-13-17(23)5-6-19(18)24/h1-7,12-13,15H,8-11H2/b7-4+. The Morgan fingerprint density at radius 1 is 0.963 bits per heavy atom. The third-order valence-electron chi connectivity index (χ3n) is 4.64. The summed E-state index contributed by atoms with van der Waals surface area (Å²) in [6.07, 6.45) is 3.66. The molecule has 27 heavy (non-hydrogen) atoms. The molecule has 0 aliphatic carbocycles. The number of halogens is 3. The van der Waals surface area contributed by atoms with Crippen LogP contribution in [0.1, 0.15) is 28.8 Å². The summed E-state index contributed by atoms with van der Waals surface area (Å²) in [6.45, 7) is 0.694. The van der Waals surface area contributed by atoms with Crippen molar-refractivity contribution < 1.29 is 22.8 Å². The average Bonchev–Trinajstić information content (AvgIpc) is 2.67. The van der Waals surface area contributed by atoms with Crippen LogP contribution in [0, 0.1) is 23.4 Å². The van der Waals surface area contributed by atoms with Gasteiger partial charge in [-0.05, 0) is 54.8 Å². The van der Waals surface area contributed by atoms with E-state index in [2.05, 4.69) is 0 Å². The highest BCUT2D eigenvalue weighted by atomic mass is 19.1. The van der Waals surface area contributed by atoms with Crippen molar-refractivity contribution in [3.63, 3.8) is 0 Å². The van der Waals surface area contributed by atoms with Gasteiger partial charge >= 0.3 is 0 Å². The summed E-state index contributed by atoms with van der Waals surface area (Å²) in [4.78, 5) is 26.3. The number of carbonyl (C=O) groups excluding carboxylic acids is 2. The van der Waals surface area contributed by atoms with Crippen molar-refractivity contribution in [2.45, 2.75) is 12.8 Å². The van der Waals surface area contributed by atoms with Gasteiger partial charge in [-0.1, -0.05) is 12.1 Å². The van der Waals surface area contributed by atoms with Gasteiger partial charge in [0.1, 0.15) is 17.5 Å². The fourth-order valence-electron chi connectivity index (χ4n) is 3.15. The summed E-state index contributed by atoms with van der Waals surface area (Å²) < 4.78 is 40.2. The van der Waals surface area contributed by atoms with Gasteiger partial charge in [-0.3, -0.25) is 9.59 Å². The SMILES string of the molecule is O=C(c1cc(F)ccc1F)C1CCN(C(=O)/C=C/c2cccc(F)c2)CC1. The molecule has 1 saturated heterocycles. The number of nitrogens with zero attached hydrogens (tertiary/aromatic N) is 1. The molecule has 0 N–H and O–H groups in total. The van der Waals surface area contributed by atoms with Crippen LogP contribution in [-0.4, -0.2) is 29.7 Å². The summed E-state index contributed by atoms with van der Waals surface area (Å²) in [5.41, 5.74) is 0.334. The van der Waals surface area contributed by atoms with Crippen molar-refractivity contribution in [3.05, 3.63) is 77.1 Å². The fraction of sp³-hybridized carbons (Fsp3) is 0.238. The molecule has 6 heteroatoms. The minimum Gasteiger partial charge on any atom is -0.339 e. The second-order valence-corrected chi connectivity index (χ2v) is 6.48. The van der Waals surface area contributed by atoms with Crippen molar-refractivity contribution in [3.8, 4) is 0 Å². The Bertz CT molecular complexity index is 887. The van der Waals surface area contributed by atoms with Gasteiger partial charge in [-0.2, -0.15) is 0 Å².